The van der Waals surface area contributed by atoms with Gasteiger partial charge in [-0.15, -0.1) is 0 Å². The Bertz CT molecular complexity index is 1190. The van der Waals surface area contributed by atoms with Crippen LogP contribution in [-0.2, 0) is 9.59 Å². The van der Waals surface area contributed by atoms with Gasteiger partial charge >= 0.3 is 0 Å². The molecule has 0 bridgehead atoms. The lowest BCUT2D eigenvalue weighted by Crippen LogP contribution is -2.32. The molecule has 32 heavy (non-hydrogen) atoms. The average Bonchev–Trinajstić information content (AvgIpc) is 2.99. The number of imide groups is 1. The molecule has 3 aromatic rings. The van der Waals surface area contributed by atoms with Gasteiger partial charge in [-0.1, -0.05) is 18.2 Å². The number of carbonyl (C=O) groups excluding carboxylic acids is 2. The molecule has 0 unspecified atom stereocenters. The van der Waals surface area contributed by atoms with Crippen molar-refractivity contribution in [2.75, 3.05) is 16.8 Å². The summed E-state index contributed by atoms with van der Waals surface area (Å²) in [6.07, 6.45) is 0. The van der Waals surface area contributed by atoms with E-state index in [0.717, 1.165) is 11.1 Å². The minimum absolute atomic E-state index is 0.143. The standard InChI is InChI=1S/C26H23FN2O3/c1-4-32-22-11-5-18(6-12-22)23-24(28-20-9-7-19(27)8-10-20)26(31)29(25(23)30)21-14-16(2)13-17(3)15-21/h5-15,28H,4H2,1-3H3. The maximum atomic E-state index is 13.5. The van der Waals surface area contributed by atoms with Crippen molar-refractivity contribution in [1.29, 1.82) is 0 Å². The van der Waals surface area contributed by atoms with E-state index in [-0.39, 0.29) is 17.1 Å². The quantitative estimate of drug-likeness (QED) is 0.544. The van der Waals surface area contributed by atoms with Crippen LogP contribution in [-0.4, -0.2) is 18.4 Å². The zero-order valence-electron chi connectivity index (χ0n) is 18.1. The van der Waals surface area contributed by atoms with Crippen LogP contribution < -0.4 is 15.0 Å². The molecule has 162 valence electrons. The largest absolute Gasteiger partial charge is 0.494 e. The lowest BCUT2D eigenvalue weighted by atomic mass is 10.0. The molecule has 0 spiro atoms. The Morgan fingerprint density at radius 2 is 1.50 bits per heavy atom. The van der Waals surface area contributed by atoms with Crippen LogP contribution in [0.5, 0.6) is 5.75 Å². The van der Waals surface area contributed by atoms with Crippen molar-refractivity contribution >= 4 is 28.8 Å². The SMILES string of the molecule is CCOc1ccc(C2=C(Nc3ccc(F)cc3)C(=O)N(c3cc(C)cc(C)c3)C2=O)cc1. The van der Waals surface area contributed by atoms with Crippen LogP contribution in [0.2, 0.25) is 0 Å². The predicted molar refractivity (Wildman–Crippen MR) is 123 cm³/mol. The van der Waals surface area contributed by atoms with Crippen LogP contribution >= 0.6 is 0 Å². The number of amides is 2. The highest BCUT2D eigenvalue weighted by Crippen LogP contribution is 2.35. The molecular weight excluding hydrogens is 407 g/mol. The van der Waals surface area contributed by atoms with Gasteiger partial charge in [0.2, 0.25) is 0 Å². The number of halogens is 1. The van der Waals surface area contributed by atoms with Gasteiger partial charge in [-0.3, -0.25) is 9.59 Å². The Kier molecular flexibility index (Phi) is 5.77. The van der Waals surface area contributed by atoms with Gasteiger partial charge in [0.15, 0.2) is 0 Å². The smallest absolute Gasteiger partial charge is 0.282 e. The van der Waals surface area contributed by atoms with Gasteiger partial charge in [-0.25, -0.2) is 9.29 Å². The van der Waals surface area contributed by atoms with E-state index in [4.69, 9.17) is 4.74 Å². The molecule has 0 aromatic heterocycles. The maximum Gasteiger partial charge on any atom is 0.282 e. The Morgan fingerprint density at radius 1 is 0.875 bits per heavy atom. The number of anilines is 2. The number of rotatable bonds is 6. The topological polar surface area (TPSA) is 58.6 Å². The maximum absolute atomic E-state index is 13.5. The molecule has 0 aliphatic carbocycles. The number of nitrogens with one attached hydrogen (secondary N) is 1. The first-order valence-corrected chi connectivity index (χ1v) is 10.3. The van der Waals surface area contributed by atoms with Gasteiger partial charge in [0.05, 0.1) is 17.9 Å². The Morgan fingerprint density at radius 3 is 2.09 bits per heavy atom. The normalized spacial score (nSPS) is 13.7. The van der Waals surface area contributed by atoms with Crippen LogP contribution in [0.15, 0.2) is 72.4 Å². The van der Waals surface area contributed by atoms with E-state index in [9.17, 15) is 14.0 Å². The lowest BCUT2D eigenvalue weighted by Gasteiger charge is -2.17. The number of ether oxygens (including phenoxy) is 1. The van der Waals surface area contributed by atoms with Crippen LogP contribution in [0, 0.1) is 19.7 Å². The van der Waals surface area contributed by atoms with E-state index in [1.165, 1.54) is 29.2 Å². The van der Waals surface area contributed by atoms with E-state index in [0.29, 0.717) is 29.3 Å². The molecule has 0 radical (unpaired) electrons. The first-order valence-electron chi connectivity index (χ1n) is 10.3. The summed E-state index contributed by atoms with van der Waals surface area (Å²) in [4.78, 5) is 28.1. The summed E-state index contributed by atoms with van der Waals surface area (Å²) in [5.41, 5.74) is 3.89. The fourth-order valence-electron chi connectivity index (χ4n) is 3.79. The molecule has 1 N–H and O–H groups in total. The highest BCUT2D eigenvalue weighted by molar-refractivity contribution is 6.46. The van der Waals surface area contributed by atoms with Gasteiger partial charge in [-0.05, 0) is 86.0 Å². The molecule has 0 saturated heterocycles. The second-order valence-electron chi connectivity index (χ2n) is 7.63. The van der Waals surface area contributed by atoms with Crippen molar-refractivity contribution in [3.63, 3.8) is 0 Å². The molecule has 1 heterocycles. The summed E-state index contributed by atoms with van der Waals surface area (Å²) in [5.74, 6) is -0.600. The van der Waals surface area contributed by atoms with Gasteiger partial charge in [0, 0.05) is 5.69 Å². The van der Waals surface area contributed by atoms with E-state index in [1.54, 1.807) is 36.4 Å². The summed E-state index contributed by atoms with van der Waals surface area (Å²) < 4.78 is 18.9. The molecular formula is C26H23FN2O3. The molecule has 3 aromatic carbocycles. The highest BCUT2D eigenvalue weighted by Gasteiger charge is 2.40. The molecule has 0 atom stereocenters. The van der Waals surface area contributed by atoms with Gasteiger partial charge in [0.1, 0.15) is 17.3 Å². The fraction of sp³-hybridized carbons (Fsp3) is 0.154. The second-order valence-corrected chi connectivity index (χ2v) is 7.63. The molecule has 0 fully saturated rings. The van der Waals surface area contributed by atoms with Crippen LogP contribution in [0.25, 0.3) is 5.57 Å². The minimum atomic E-state index is -0.465. The third-order valence-electron chi connectivity index (χ3n) is 5.12. The second kappa shape index (κ2) is 8.67. The first kappa shape index (κ1) is 21.3. The van der Waals surface area contributed by atoms with Crippen molar-refractivity contribution in [2.45, 2.75) is 20.8 Å². The van der Waals surface area contributed by atoms with Gasteiger partial charge < -0.3 is 10.1 Å². The summed E-state index contributed by atoms with van der Waals surface area (Å²) in [7, 11) is 0. The minimum Gasteiger partial charge on any atom is -0.494 e. The van der Waals surface area contributed by atoms with Gasteiger partial charge in [0.25, 0.3) is 11.8 Å². The Balaban J connectivity index is 1.80. The highest BCUT2D eigenvalue weighted by atomic mass is 19.1. The van der Waals surface area contributed by atoms with Crippen LogP contribution in [0.1, 0.15) is 23.6 Å². The zero-order chi connectivity index (χ0) is 22.8. The van der Waals surface area contributed by atoms with E-state index >= 15 is 0 Å². The first-order chi connectivity index (χ1) is 15.4. The molecule has 6 heteroatoms. The average molecular weight is 430 g/mol. The number of carbonyl (C=O) groups is 2. The van der Waals surface area contributed by atoms with E-state index < -0.39 is 11.8 Å². The Labute approximate surface area is 186 Å². The van der Waals surface area contributed by atoms with Gasteiger partial charge in [-0.2, -0.15) is 0 Å². The summed E-state index contributed by atoms with van der Waals surface area (Å²) in [6.45, 7) is 6.25. The molecule has 2 amide bonds. The summed E-state index contributed by atoms with van der Waals surface area (Å²) in [5, 5.41) is 3.04. The van der Waals surface area contributed by atoms with E-state index in [1.807, 2.05) is 26.8 Å². The van der Waals surface area contributed by atoms with Crippen molar-refractivity contribution < 1.29 is 18.7 Å². The summed E-state index contributed by atoms with van der Waals surface area (Å²) >= 11 is 0. The van der Waals surface area contributed by atoms with Crippen LogP contribution in [0.3, 0.4) is 0 Å². The number of aryl methyl sites for hydroxylation is 2. The van der Waals surface area contributed by atoms with Crippen molar-refractivity contribution in [3.05, 3.63) is 94.9 Å². The lowest BCUT2D eigenvalue weighted by molar-refractivity contribution is -0.120. The number of hydrogen-bond donors (Lipinski definition) is 1. The fourth-order valence-corrected chi connectivity index (χ4v) is 3.79. The molecule has 1 aliphatic rings. The molecule has 1 aliphatic heterocycles. The third kappa shape index (κ3) is 4.12. The van der Waals surface area contributed by atoms with E-state index in [2.05, 4.69) is 5.32 Å². The number of hydrogen-bond acceptors (Lipinski definition) is 4. The summed E-state index contributed by atoms with van der Waals surface area (Å²) in [6, 6.07) is 18.3. The molecule has 4 rings (SSSR count). The Hall–Kier alpha value is -3.93. The number of benzene rings is 3. The monoisotopic (exact) mass is 430 g/mol. The van der Waals surface area contributed by atoms with Crippen LogP contribution in [0.4, 0.5) is 15.8 Å². The van der Waals surface area contributed by atoms with Crippen molar-refractivity contribution in [3.8, 4) is 5.75 Å². The molecule has 0 saturated carbocycles. The third-order valence-corrected chi connectivity index (χ3v) is 5.12. The number of nitrogens with zero attached hydrogens (tertiary/aromatic N) is 1. The van der Waals surface area contributed by atoms with Crippen molar-refractivity contribution in [1.82, 2.24) is 0 Å². The van der Waals surface area contributed by atoms with Crippen molar-refractivity contribution in [2.24, 2.45) is 0 Å². The molecule has 5 nitrogen and oxygen atoms in total. The zero-order valence-corrected chi connectivity index (χ0v) is 18.1. The predicted octanol–water partition coefficient (Wildman–Crippen LogP) is 5.24.